The van der Waals surface area contributed by atoms with E-state index in [1.54, 1.807) is 11.1 Å². The van der Waals surface area contributed by atoms with Crippen molar-refractivity contribution >= 4 is 6.03 Å². The maximum atomic E-state index is 12.6. The molecule has 1 saturated heterocycles. The molecule has 0 bridgehead atoms. The molecule has 2 amide bonds. The minimum Gasteiger partial charge on any atom is -0.331 e. The van der Waals surface area contributed by atoms with Crippen LogP contribution in [0.2, 0.25) is 0 Å². The van der Waals surface area contributed by atoms with Crippen LogP contribution in [-0.2, 0) is 0 Å². The van der Waals surface area contributed by atoms with Crippen molar-refractivity contribution in [3.63, 3.8) is 0 Å². The Morgan fingerprint density at radius 1 is 1.39 bits per heavy atom. The second-order valence-electron chi connectivity index (χ2n) is 6.97. The predicted octanol–water partition coefficient (Wildman–Crippen LogP) is 2.20. The molecule has 2 fully saturated rings. The van der Waals surface area contributed by atoms with E-state index in [1.165, 1.54) is 38.7 Å². The third-order valence-electron chi connectivity index (χ3n) is 5.13. The quantitative estimate of drug-likeness (QED) is 0.904. The summed E-state index contributed by atoms with van der Waals surface area (Å²) in [5.74, 6) is 0. The van der Waals surface area contributed by atoms with E-state index < -0.39 is 0 Å². The highest BCUT2D eigenvalue weighted by molar-refractivity contribution is 5.75. The number of urea groups is 1. The lowest BCUT2D eigenvalue weighted by molar-refractivity contribution is 0.170. The van der Waals surface area contributed by atoms with E-state index in [-0.39, 0.29) is 17.6 Å². The Labute approximate surface area is 138 Å². The number of rotatable bonds is 5. The first-order valence-electron chi connectivity index (χ1n) is 8.63. The molecule has 126 valence electrons. The van der Waals surface area contributed by atoms with Gasteiger partial charge < -0.3 is 15.1 Å². The number of likely N-dealkylation sites (tertiary alicyclic amines) is 1. The van der Waals surface area contributed by atoms with E-state index in [0.717, 1.165) is 25.1 Å². The molecule has 2 heterocycles. The summed E-state index contributed by atoms with van der Waals surface area (Å²) >= 11 is 0. The van der Waals surface area contributed by atoms with Crippen LogP contribution in [0.3, 0.4) is 0 Å². The van der Waals surface area contributed by atoms with Gasteiger partial charge in [-0.25, -0.2) is 14.8 Å². The maximum Gasteiger partial charge on any atom is 0.318 e. The van der Waals surface area contributed by atoms with Crippen molar-refractivity contribution in [2.75, 3.05) is 26.7 Å². The summed E-state index contributed by atoms with van der Waals surface area (Å²) in [6.45, 7) is 5.33. The molecule has 3 rings (SSSR count). The van der Waals surface area contributed by atoms with E-state index in [2.05, 4.69) is 20.2 Å². The minimum absolute atomic E-state index is 0.00588. The monoisotopic (exact) mass is 317 g/mol. The number of hydrogen-bond donors (Lipinski definition) is 1. The maximum absolute atomic E-state index is 12.6. The van der Waals surface area contributed by atoms with E-state index in [4.69, 9.17) is 0 Å². The van der Waals surface area contributed by atoms with Gasteiger partial charge in [0.25, 0.3) is 0 Å². The first-order chi connectivity index (χ1) is 11.1. The predicted molar refractivity (Wildman–Crippen MR) is 89.0 cm³/mol. The molecule has 0 spiro atoms. The van der Waals surface area contributed by atoms with Crippen LogP contribution < -0.4 is 5.32 Å². The number of hydrogen-bond acceptors (Lipinski definition) is 4. The van der Waals surface area contributed by atoms with Gasteiger partial charge in [0.1, 0.15) is 6.33 Å². The molecular weight excluding hydrogens is 290 g/mol. The number of aromatic nitrogens is 2. The van der Waals surface area contributed by atoms with Gasteiger partial charge in [-0.3, -0.25) is 0 Å². The molecule has 1 aliphatic heterocycles. The van der Waals surface area contributed by atoms with E-state index in [1.807, 2.05) is 20.0 Å². The summed E-state index contributed by atoms with van der Waals surface area (Å²) in [5.41, 5.74) is 0.854. The van der Waals surface area contributed by atoms with Crippen molar-refractivity contribution in [2.24, 2.45) is 0 Å². The van der Waals surface area contributed by atoms with Gasteiger partial charge >= 0.3 is 6.03 Å². The van der Waals surface area contributed by atoms with Gasteiger partial charge in [-0.1, -0.05) is 6.42 Å². The Hall–Kier alpha value is -1.69. The molecule has 0 radical (unpaired) electrons. The highest BCUT2D eigenvalue weighted by Crippen LogP contribution is 2.37. The highest BCUT2D eigenvalue weighted by Gasteiger charge is 2.46. The number of carbonyl (C=O) groups excluding carboxylic acids is 1. The van der Waals surface area contributed by atoms with E-state index in [0.29, 0.717) is 0 Å². The topological polar surface area (TPSA) is 61.4 Å². The SMILES string of the molecule is C[C@H](c1ccncn1)N(C)C(=O)NC1(CN2CCCCC2)CC1. The molecule has 1 saturated carbocycles. The van der Waals surface area contributed by atoms with Gasteiger partial charge in [-0.05, 0) is 51.8 Å². The average molecular weight is 317 g/mol. The van der Waals surface area contributed by atoms with Crippen LogP contribution in [0.5, 0.6) is 0 Å². The summed E-state index contributed by atoms with van der Waals surface area (Å²) in [7, 11) is 1.83. The summed E-state index contributed by atoms with van der Waals surface area (Å²) < 4.78 is 0. The highest BCUT2D eigenvalue weighted by atomic mass is 16.2. The number of piperidine rings is 1. The van der Waals surface area contributed by atoms with Crippen LogP contribution in [0.25, 0.3) is 0 Å². The zero-order valence-corrected chi connectivity index (χ0v) is 14.2. The fourth-order valence-corrected chi connectivity index (χ4v) is 3.26. The molecule has 1 aromatic heterocycles. The van der Waals surface area contributed by atoms with Crippen molar-refractivity contribution in [3.8, 4) is 0 Å². The second kappa shape index (κ2) is 6.83. The minimum atomic E-state index is -0.0659. The third-order valence-corrected chi connectivity index (χ3v) is 5.13. The Morgan fingerprint density at radius 3 is 2.74 bits per heavy atom. The Kier molecular flexibility index (Phi) is 4.80. The first-order valence-corrected chi connectivity index (χ1v) is 8.63. The molecule has 23 heavy (non-hydrogen) atoms. The van der Waals surface area contributed by atoms with Crippen LogP contribution >= 0.6 is 0 Å². The van der Waals surface area contributed by atoms with Crippen LogP contribution in [0, 0.1) is 0 Å². The first kappa shape index (κ1) is 16.2. The number of carbonyl (C=O) groups is 1. The smallest absolute Gasteiger partial charge is 0.318 e. The molecule has 1 N–H and O–H groups in total. The van der Waals surface area contributed by atoms with Crippen molar-refractivity contribution in [3.05, 3.63) is 24.3 Å². The average Bonchev–Trinajstić information content (AvgIpc) is 3.34. The molecule has 1 aliphatic carbocycles. The number of nitrogens with zero attached hydrogens (tertiary/aromatic N) is 4. The summed E-state index contributed by atoms with van der Waals surface area (Å²) in [4.78, 5) is 25.0. The Bertz CT molecular complexity index is 525. The van der Waals surface area contributed by atoms with E-state index in [9.17, 15) is 4.79 Å². The van der Waals surface area contributed by atoms with Crippen molar-refractivity contribution < 1.29 is 4.79 Å². The van der Waals surface area contributed by atoms with Gasteiger partial charge in [0.05, 0.1) is 17.3 Å². The molecule has 6 heteroatoms. The largest absolute Gasteiger partial charge is 0.331 e. The lowest BCUT2D eigenvalue weighted by Crippen LogP contribution is -2.51. The lowest BCUT2D eigenvalue weighted by atomic mass is 10.1. The number of nitrogens with one attached hydrogen (secondary N) is 1. The summed E-state index contributed by atoms with van der Waals surface area (Å²) in [5, 5.41) is 3.27. The zero-order valence-electron chi connectivity index (χ0n) is 14.2. The Balaban J connectivity index is 1.55. The van der Waals surface area contributed by atoms with E-state index >= 15 is 0 Å². The standard InChI is InChI=1S/C17H27N5O/c1-14(15-6-9-18-13-19-15)21(2)16(23)20-17(7-8-17)12-22-10-4-3-5-11-22/h6,9,13-14H,3-5,7-8,10-12H2,1-2H3,(H,20,23)/t14-/m1/s1. The third kappa shape index (κ3) is 3.99. The van der Waals surface area contributed by atoms with Crippen molar-refractivity contribution in [1.29, 1.82) is 0 Å². The van der Waals surface area contributed by atoms with Crippen molar-refractivity contribution in [1.82, 2.24) is 25.1 Å². The van der Waals surface area contributed by atoms with Gasteiger partial charge in [-0.15, -0.1) is 0 Å². The Morgan fingerprint density at radius 2 is 2.13 bits per heavy atom. The van der Waals surface area contributed by atoms with Crippen LogP contribution in [0.15, 0.2) is 18.6 Å². The summed E-state index contributed by atoms with van der Waals surface area (Å²) in [6.07, 6.45) is 9.33. The molecule has 1 aromatic rings. The normalized spacial score (nSPS) is 21.5. The molecule has 1 atom stereocenters. The second-order valence-corrected chi connectivity index (χ2v) is 6.97. The van der Waals surface area contributed by atoms with Gasteiger partial charge in [-0.2, -0.15) is 0 Å². The van der Waals surface area contributed by atoms with Gasteiger partial charge in [0.15, 0.2) is 0 Å². The van der Waals surface area contributed by atoms with Crippen molar-refractivity contribution in [2.45, 2.75) is 50.6 Å². The zero-order chi connectivity index (χ0) is 16.3. The molecule has 6 nitrogen and oxygen atoms in total. The van der Waals surface area contributed by atoms with Crippen LogP contribution in [-0.4, -0.2) is 58.0 Å². The van der Waals surface area contributed by atoms with Gasteiger partial charge in [0, 0.05) is 19.8 Å². The fourth-order valence-electron chi connectivity index (χ4n) is 3.26. The molecular formula is C17H27N5O. The summed E-state index contributed by atoms with van der Waals surface area (Å²) in [6, 6.07) is 1.78. The van der Waals surface area contributed by atoms with Crippen LogP contribution in [0.1, 0.15) is 50.8 Å². The molecule has 0 unspecified atom stereocenters. The molecule has 0 aromatic carbocycles. The van der Waals surface area contributed by atoms with Gasteiger partial charge in [0.2, 0.25) is 0 Å². The number of amides is 2. The fraction of sp³-hybridized carbons (Fsp3) is 0.706. The lowest BCUT2D eigenvalue weighted by Gasteiger charge is -2.33. The van der Waals surface area contributed by atoms with Crippen LogP contribution in [0.4, 0.5) is 4.79 Å². The molecule has 2 aliphatic rings.